The fourth-order valence-corrected chi connectivity index (χ4v) is 1.14. The molecule has 0 saturated heterocycles. The number of guanidine groups is 1. The molecule has 0 atom stereocenters. The van der Waals surface area contributed by atoms with E-state index in [-0.39, 0.29) is 5.75 Å². The van der Waals surface area contributed by atoms with E-state index in [2.05, 4.69) is 15.7 Å². The lowest BCUT2D eigenvalue weighted by atomic mass is 10.3. The normalized spacial score (nSPS) is 11.1. The van der Waals surface area contributed by atoms with Gasteiger partial charge in [0.05, 0.1) is 6.61 Å². The van der Waals surface area contributed by atoms with Crippen molar-refractivity contribution in [2.45, 2.75) is 6.92 Å². The molecule has 0 aliphatic heterocycles. The van der Waals surface area contributed by atoms with Gasteiger partial charge in [0.25, 0.3) is 0 Å². The number of anilines is 1. The molecule has 1 rings (SSSR count). The Morgan fingerprint density at radius 1 is 1.56 bits per heavy atom. The molecule has 5 nitrogen and oxygen atoms in total. The van der Waals surface area contributed by atoms with Crippen LogP contribution in [0.5, 0.6) is 5.75 Å². The van der Waals surface area contributed by atoms with Crippen molar-refractivity contribution in [1.29, 1.82) is 0 Å². The van der Waals surface area contributed by atoms with Gasteiger partial charge in [-0.15, -0.1) is 0 Å². The summed E-state index contributed by atoms with van der Waals surface area (Å²) in [5.74, 6) is 5.33. The Balaban J connectivity index is 2.80. The van der Waals surface area contributed by atoms with Crippen LogP contribution in [-0.4, -0.2) is 19.6 Å². The van der Waals surface area contributed by atoms with Gasteiger partial charge in [-0.25, -0.2) is 10.2 Å². The van der Waals surface area contributed by atoms with E-state index in [9.17, 15) is 4.39 Å². The third-order valence-corrected chi connectivity index (χ3v) is 1.85. The number of hydrogen-bond acceptors (Lipinski definition) is 3. The first-order valence-corrected chi connectivity index (χ1v) is 4.84. The van der Waals surface area contributed by atoms with Crippen LogP contribution >= 0.6 is 0 Å². The molecule has 4 N–H and O–H groups in total. The maximum Gasteiger partial charge on any atom is 0.209 e. The Morgan fingerprint density at radius 3 is 2.81 bits per heavy atom. The van der Waals surface area contributed by atoms with Crippen LogP contribution in [0, 0.1) is 5.82 Å². The summed E-state index contributed by atoms with van der Waals surface area (Å²) in [5, 5.41) is 2.81. The maximum absolute atomic E-state index is 13.4. The first kappa shape index (κ1) is 12.3. The molecule has 0 bridgehead atoms. The molecular formula is C10H15FN4O. The molecule has 0 unspecified atom stereocenters. The summed E-state index contributed by atoms with van der Waals surface area (Å²) >= 11 is 0. The van der Waals surface area contributed by atoms with E-state index in [1.807, 2.05) is 0 Å². The summed E-state index contributed by atoms with van der Waals surface area (Å²) in [7, 11) is 1.56. The molecule has 0 radical (unpaired) electrons. The van der Waals surface area contributed by atoms with Crippen molar-refractivity contribution < 1.29 is 9.13 Å². The van der Waals surface area contributed by atoms with Crippen molar-refractivity contribution in [3.63, 3.8) is 0 Å². The van der Waals surface area contributed by atoms with E-state index < -0.39 is 5.82 Å². The van der Waals surface area contributed by atoms with Crippen LogP contribution in [-0.2, 0) is 0 Å². The van der Waals surface area contributed by atoms with Gasteiger partial charge in [-0.1, -0.05) is 0 Å². The average molecular weight is 226 g/mol. The minimum absolute atomic E-state index is 0.226. The van der Waals surface area contributed by atoms with Gasteiger partial charge < -0.3 is 10.1 Å². The molecule has 0 saturated carbocycles. The van der Waals surface area contributed by atoms with E-state index in [1.54, 1.807) is 26.1 Å². The van der Waals surface area contributed by atoms with E-state index in [0.717, 1.165) is 0 Å². The molecule has 6 heteroatoms. The third kappa shape index (κ3) is 3.09. The highest BCUT2D eigenvalue weighted by atomic mass is 19.1. The lowest BCUT2D eigenvalue weighted by Gasteiger charge is -2.10. The number of nitrogens with one attached hydrogen (secondary N) is 2. The Bertz CT molecular complexity index is 381. The van der Waals surface area contributed by atoms with Gasteiger partial charge in [-0.2, -0.15) is 0 Å². The quantitative estimate of drug-likeness (QED) is 0.312. The Labute approximate surface area is 93.5 Å². The largest absolute Gasteiger partial charge is 0.491 e. The minimum atomic E-state index is -0.431. The Morgan fingerprint density at radius 2 is 2.31 bits per heavy atom. The molecular weight excluding hydrogens is 211 g/mol. The number of hydrazine groups is 1. The van der Waals surface area contributed by atoms with Gasteiger partial charge in [0.15, 0.2) is 11.6 Å². The molecule has 0 spiro atoms. The van der Waals surface area contributed by atoms with Gasteiger partial charge in [-0.05, 0) is 19.1 Å². The molecule has 0 heterocycles. The molecule has 0 aliphatic carbocycles. The van der Waals surface area contributed by atoms with Crippen molar-refractivity contribution in [2.75, 3.05) is 19.0 Å². The summed E-state index contributed by atoms with van der Waals surface area (Å²) in [5.41, 5.74) is 2.89. The van der Waals surface area contributed by atoms with Crippen LogP contribution in [0.15, 0.2) is 23.2 Å². The zero-order chi connectivity index (χ0) is 12.0. The Hall–Kier alpha value is -1.82. The van der Waals surface area contributed by atoms with Crippen molar-refractivity contribution in [2.24, 2.45) is 10.8 Å². The van der Waals surface area contributed by atoms with Gasteiger partial charge in [-0.3, -0.25) is 10.4 Å². The molecule has 1 aromatic rings. The maximum atomic E-state index is 13.4. The number of aliphatic imine (C=N–C) groups is 1. The number of nitrogens with two attached hydrogens (primary N) is 1. The van der Waals surface area contributed by atoms with Crippen LogP contribution in [0.4, 0.5) is 10.1 Å². The molecule has 0 amide bonds. The molecule has 0 fully saturated rings. The van der Waals surface area contributed by atoms with Crippen LogP contribution in [0.1, 0.15) is 6.92 Å². The van der Waals surface area contributed by atoms with Crippen LogP contribution < -0.4 is 21.3 Å². The fourth-order valence-electron chi connectivity index (χ4n) is 1.14. The van der Waals surface area contributed by atoms with E-state index >= 15 is 0 Å². The SMILES string of the molecule is CCOc1ccc(NC(=NC)NN)cc1F. The second-order valence-corrected chi connectivity index (χ2v) is 2.92. The number of hydrogen-bond donors (Lipinski definition) is 3. The summed E-state index contributed by atoms with van der Waals surface area (Å²) in [4.78, 5) is 3.81. The van der Waals surface area contributed by atoms with Crippen molar-refractivity contribution in [1.82, 2.24) is 5.43 Å². The summed E-state index contributed by atoms with van der Waals surface area (Å²) < 4.78 is 18.5. The monoisotopic (exact) mass is 226 g/mol. The zero-order valence-corrected chi connectivity index (χ0v) is 9.25. The van der Waals surface area contributed by atoms with Crippen LogP contribution in [0.25, 0.3) is 0 Å². The molecule has 0 aliphatic rings. The fraction of sp³-hybridized carbons (Fsp3) is 0.300. The lowest BCUT2D eigenvalue weighted by molar-refractivity contribution is 0.321. The van der Waals surface area contributed by atoms with Crippen LogP contribution in [0.2, 0.25) is 0 Å². The summed E-state index contributed by atoms with van der Waals surface area (Å²) in [6, 6.07) is 4.54. The molecule has 16 heavy (non-hydrogen) atoms. The number of ether oxygens (including phenoxy) is 1. The van der Waals surface area contributed by atoms with Gasteiger partial charge in [0, 0.05) is 18.8 Å². The van der Waals surface area contributed by atoms with E-state index in [4.69, 9.17) is 10.6 Å². The first-order chi connectivity index (χ1) is 7.71. The zero-order valence-electron chi connectivity index (χ0n) is 9.25. The van der Waals surface area contributed by atoms with Crippen molar-refractivity contribution in [3.05, 3.63) is 24.0 Å². The minimum Gasteiger partial charge on any atom is -0.491 e. The second kappa shape index (κ2) is 5.92. The standard InChI is InChI=1S/C10H15FN4O/c1-3-16-9-5-4-7(6-8(9)11)14-10(13-2)15-12/h4-6H,3,12H2,1-2H3,(H2,13,14,15). The van der Waals surface area contributed by atoms with Gasteiger partial charge in [0.2, 0.25) is 5.96 Å². The number of halogens is 1. The predicted molar refractivity (Wildman–Crippen MR) is 61.9 cm³/mol. The molecule has 0 aromatic heterocycles. The predicted octanol–water partition coefficient (Wildman–Crippen LogP) is 1.09. The highest BCUT2D eigenvalue weighted by Gasteiger charge is 2.04. The van der Waals surface area contributed by atoms with Gasteiger partial charge >= 0.3 is 0 Å². The molecule has 1 aromatic carbocycles. The van der Waals surface area contributed by atoms with Crippen molar-refractivity contribution >= 4 is 11.6 Å². The highest BCUT2D eigenvalue weighted by molar-refractivity contribution is 5.93. The van der Waals surface area contributed by atoms with E-state index in [0.29, 0.717) is 18.3 Å². The topological polar surface area (TPSA) is 71.7 Å². The van der Waals surface area contributed by atoms with E-state index in [1.165, 1.54) is 6.07 Å². The lowest BCUT2D eigenvalue weighted by Crippen LogP contribution is -2.36. The summed E-state index contributed by atoms with van der Waals surface area (Å²) in [6.07, 6.45) is 0. The molecule has 88 valence electrons. The summed E-state index contributed by atoms with van der Waals surface area (Å²) in [6.45, 7) is 2.22. The third-order valence-electron chi connectivity index (χ3n) is 1.85. The smallest absolute Gasteiger partial charge is 0.209 e. The number of benzene rings is 1. The highest BCUT2D eigenvalue weighted by Crippen LogP contribution is 2.20. The van der Waals surface area contributed by atoms with Gasteiger partial charge in [0.1, 0.15) is 0 Å². The van der Waals surface area contributed by atoms with Crippen molar-refractivity contribution in [3.8, 4) is 5.75 Å². The average Bonchev–Trinajstić information content (AvgIpc) is 2.29. The van der Waals surface area contributed by atoms with Crippen LogP contribution in [0.3, 0.4) is 0 Å². The first-order valence-electron chi connectivity index (χ1n) is 4.84. The number of nitrogens with zero attached hydrogens (tertiary/aromatic N) is 1. The second-order valence-electron chi connectivity index (χ2n) is 2.92. The Kier molecular flexibility index (Phi) is 4.53. The number of rotatable bonds is 3.